The van der Waals surface area contributed by atoms with E-state index in [9.17, 15) is 0 Å². The number of hydrogen-bond donors (Lipinski definition) is 0. The quantitative estimate of drug-likeness (QED) is 0.470. The van der Waals surface area contributed by atoms with Crippen LogP contribution in [0.25, 0.3) is 10.6 Å². The average Bonchev–Trinajstić information content (AvgIpc) is 3.01. The van der Waals surface area contributed by atoms with Gasteiger partial charge < -0.3 is 4.74 Å². The minimum atomic E-state index is 0.632. The van der Waals surface area contributed by atoms with Gasteiger partial charge in [-0.25, -0.2) is 4.98 Å². The molecular formula is C20H21BrN2OS. The van der Waals surface area contributed by atoms with E-state index in [0.717, 1.165) is 39.3 Å². The molecule has 3 nitrogen and oxygen atoms in total. The number of hydrogen-bond acceptors (Lipinski definition) is 4. The summed E-state index contributed by atoms with van der Waals surface area (Å²) >= 11 is 5.19. The summed E-state index contributed by atoms with van der Waals surface area (Å²) in [5, 5.41) is 1.07. The maximum Gasteiger partial charge on any atom is 0.123 e. The molecule has 0 saturated carbocycles. The third-order valence-corrected chi connectivity index (χ3v) is 5.57. The molecule has 0 fully saturated rings. The molecule has 130 valence electrons. The number of pyridine rings is 1. The number of thiazole rings is 1. The molecule has 3 aromatic rings. The molecular weight excluding hydrogens is 396 g/mol. The minimum absolute atomic E-state index is 0.632. The fourth-order valence-electron chi connectivity index (χ4n) is 2.53. The largest absolute Gasteiger partial charge is 0.376 e. The van der Waals surface area contributed by atoms with E-state index >= 15 is 0 Å². The van der Waals surface area contributed by atoms with Crippen LogP contribution in [0.3, 0.4) is 0 Å². The topological polar surface area (TPSA) is 35.0 Å². The van der Waals surface area contributed by atoms with Crippen LogP contribution in [-0.4, -0.2) is 16.6 Å². The summed E-state index contributed by atoms with van der Waals surface area (Å²) in [7, 11) is 0. The summed E-state index contributed by atoms with van der Waals surface area (Å²) in [6.07, 6.45) is 3.64. The number of halogens is 1. The Morgan fingerprint density at radius 3 is 2.72 bits per heavy atom. The van der Waals surface area contributed by atoms with Crippen molar-refractivity contribution in [2.75, 3.05) is 6.61 Å². The van der Waals surface area contributed by atoms with Gasteiger partial charge in [0.1, 0.15) is 5.01 Å². The predicted octanol–water partition coefficient (Wildman–Crippen LogP) is 5.60. The van der Waals surface area contributed by atoms with E-state index in [1.807, 2.05) is 24.4 Å². The molecule has 5 heteroatoms. The zero-order valence-electron chi connectivity index (χ0n) is 14.5. The van der Waals surface area contributed by atoms with Crippen LogP contribution in [0.1, 0.15) is 28.8 Å². The van der Waals surface area contributed by atoms with E-state index in [1.165, 1.54) is 10.4 Å². The second-order valence-corrected chi connectivity index (χ2v) is 7.96. The maximum atomic E-state index is 5.81. The highest BCUT2D eigenvalue weighted by molar-refractivity contribution is 9.10. The number of nitrogens with zero attached hydrogens (tertiary/aromatic N) is 2. The van der Waals surface area contributed by atoms with Crippen LogP contribution in [0.5, 0.6) is 0 Å². The van der Waals surface area contributed by atoms with Crippen molar-refractivity contribution in [3.05, 3.63) is 68.9 Å². The third-order valence-electron chi connectivity index (χ3n) is 3.98. The lowest BCUT2D eigenvalue weighted by Gasteiger charge is -2.04. The van der Waals surface area contributed by atoms with Crippen molar-refractivity contribution >= 4 is 27.3 Å². The molecule has 25 heavy (non-hydrogen) atoms. The summed E-state index contributed by atoms with van der Waals surface area (Å²) in [5.74, 6) is 0. The zero-order chi connectivity index (χ0) is 17.6. The van der Waals surface area contributed by atoms with Crippen LogP contribution in [0.2, 0.25) is 0 Å². The molecule has 2 heterocycles. The number of aryl methyl sites for hydroxylation is 2. The molecule has 0 atom stereocenters. The molecule has 0 bridgehead atoms. The summed E-state index contributed by atoms with van der Waals surface area (Å²) in [6.45, 7) is 5.56. The van der Waals surface area contributed by atoms with E-state index in [2.05, 4.69) is 53.0 Å². The first-order valence-electron chi connectivity index (χ1n) is 8.39. The van der Waals surface area contributed by atoms with E-state index in [-0.39, 0.29) is 0 Å². The molecule has 0 saturated heterocycles. The van der Waals surface area contributed by atoms with Crippen LogP contribution in [0.4, 0.5) is 0 Å². The molecule has 2 aromatic heterocycles. The molecule has 0 radical (unpaired) electrons. The van der Waals surface area contributed by atoms with Gasteiger partial charge in [0.05, 0.1) is 18.9 Å². The Bertz CT molecular complexity index is 830. The molecule has 0 aliphatic heterocycles. The predicted molar refractivity (Wildman–Crippen MR) is 107 cm³/mol. The third kappa shape index (κ3) is 4.97. The van der Waals surface area contributed by atoms with E-state index in [0.29, 0.717) is 13.2 Å². The van der Waals surface area contributed by atoms with Gasteiger partial charge >= 0.3 is 0 Å². The monoisotopic (exact) mass is 416 g/mol. The van der Waals surface area contributed by atoms with E-state index in [4.69, 9.17) is 9.72 Å². The van der Waals surface area contributed by atoms with Gasteiger partial charge in [0, 0.05) is 33.2 Å². The Morgan fingerprint density at radius 2 is 1.96 bits per heavy atom. The SMILES string of the molecule is CCc1cc(-c2nc(CCOCc3ccc(Br)cc3)c(C)s2)ccn1. The highest BCUT2D eigenvalue weighted by atomic mass is 79.9. The fourth-order valence-corrected chi connectivity index (χ4v) is 3.75. The Hall–Kier alpha value is -1.56. The smallest absolute Gasteiger partial charge is 0.123 e. The normalized spacial score (nSPS) is 11.0. The Labute approximate surface area is 161 Å². The standard InChI is InChI=1S/C20H21BrN2OS/c1-3-18-12-16(8-10-22-18)20-23-19(14(2)25-20)9-11-24-13-15-4-6-17(21)7-5-15/h4-8,10,12H,3,9,11,13H2,1-2H3. The molecule has 0 spiro atoms. The molecule has 0 amide bonds. The first-order valence-corrected chi connectivity index (χ1v) is 10.0. The maximum absolute atomic E-state index is 5.81. The minimum Gasteiger partial charge on any atom is -0.376 e. The number of aromatic nitrogens is 2. The van der Waals surface area contributed by atoms with Crippen molar-refractivity contribution in [2.45, 2.75) is 33.3 Å². The molecule has 0 aliphatic carbocycles. The summed E-state index contributed by atoms with van der Waals surface area (Å²) in [4.78, 5) is 10.4. The zero-order valence-corrected chi connectivity index (χ0v) is 16.9. The van der Waals surface area contributed by atoms with Gasteiger partial charge in [-0.3, -0.25) is 4.98 Å². The lowest BCUT2D eigenvalue weighted by atomic mass is 10.2. The Morgan fingerprint density at radius 1 is 1.16 bits per heavy atom. The van der Waals surface area contributed by atoms with Gasteiger partial charge in [-0.1, -0.05) is 35.0 Å². The first kappa shape index (κ1) is 18.2. The van der Waals surface area contributed by atoms with E-state index < -0.39 is 0 Å². The highest BCUT2D eigenvalue weighted by Gasteiger charge is 2.10. The number of ether oxygens (including phenoxy) is 1. The molecule has 1 aromatic carbocycles. The second kappa shape index (κ2) is 8.70. The van der Waals surface area contributed by atoms with Crippen molar-refractivity contribution in [3.63, 3.8) is 0 Å². The van der Waals surface area contributed by atoms with Crippen LogP contribution in [-0.2, 0) is 24.2 Å². The van der Waals surface area contributed by atoms with E-state index in [1.54, 1.807) is 11.3 Å². The molecule has 0 N–H and O–H groups in total. The Kier molecular flexibility index (Phi) is 6.34. The van der Waals surface area contributed by atoms with Crippen LogP contribution in [0.15, 0.2) is 47.1 Å². The van der Waals surface area contributed by atoms with Crippen LogP contribution in [0, 0.1) is 6.92 Å². The summed E-state index contributed by atoms with van der Waals surface area (Å²) in [5.41, 5.74) is 4.57. The van der Waals surface area contributed by atoms with Gasteiger partial charge in [0.15, 0.2) is 0 Å². The highest BCUT2D eigenvalue weighted by Crippen LogP contribution is 2.28. The number of rotatable bonds is 7. The van der Waals surface area contributed by atoms with Gasteiger partial charge in [-0.15, -0.1) is 11.3 Å². The molecule has 0 aliphatic rings. The fraction of sp³-hybridized carbons (Fsp3) is 0.300. The molecule has 3 rings (SSSR count). The van der Waals surface area contributed by atoms with Crippen molar-refractivity contribution < 1.29 is 4.74 Å². The van der Waals surface area contributed by atoms with Crippen molar-refractivity contribution in [3.8, 4) is 10.6 Å². The second-order valence-electron chi connectivity index (χ2n) is 5.84. The van der Waals surface area contributed by atoms with Crippen LogP contribution < -0.4 is 0 Å². The summed E-state index contributed by atoms with van der Waals surface area (Å²) in [6, 6.07) is 12.4. The lowest BCUT2D eigenvalue weighted by molar-refractivity contribution is 0.123. The number of benzene rings is 1. The van der Waals surface area contributed by atoms with Gasteiger partial charge in [-0.05, 0) is 43.2 Å². The lowest BCUT2D eigenvalue weighted by Crippen LogP contribution is -2.00. The van der Waals surface area contributed by atoms with Gasteiger partial charge in [0.25, 0.3) is 0 Å². The van der Waals surface area contributed by atoms with Gasteiger partial charge in [0.2, 0.25) is 0 Å². The Balaban J connectivity index is 1.58. The molecule has 0 unspecified atom stereocenters. The van der Waals surface area contributed by atoms with Crippen molar-refractivity contribution in [2.24, 2.45) is 0 Å². The van der Waals surface area contributed by atoms with Crippen LogP contribution >= 0.6 is 27.3 Å². The first-order chi connectivity index (χ1) is 12.2. The van der Waals surface area contributed by atoms with Crippen molar-refractivity contribution in [1.82, 2.24) is 9.97 Å². The van der Waals surface area contributed by atoms with Gasteiger partial charge in [-0.2, -0.15) is 0 Å². The summed E-state index contributed by atoms with van der Waals surface area (Å²) < 4.78 is 6.90. The average molecular weight is 417 g/mol. The van der Waals surface area contributed by atoms with Crippen molar-refractivity contribution in [1.29, 1.82) is 0 Å².